The Morgan fingerprint density at radius 2 is 1.60 bits per heavy atom. The fourth-order valence-electron chi connectivity index (χ4n) is 10.5. The number of aliphatic hydroxyl groups is 1. The standard InChI is InChI=1S/C48H64N10O4/c1-4-32(5-2)27-49-47-50-28-39-40(31-57(45(39)52-47)36-10-13-38(59)14-11-36)35-8-6-33(7-9-35)29-54-20-18-34(19-21-54)30-55-22-24-56(25-23-55)37-12-15-41-43(26-37)53(3)48(62)58(41)42-16-17-44(60)51-46(42)61/h6-9,12,15,26,28,31-32,34,36,38,42,59H,4-5,10-11,13-14,16-25,27,29-30H2,1-3H3,(H,49,50,52)(H,51,60,61). The maximum Gasteiger partial charge on any atom is 0.329 e. The van der Waals surface area contributed by atoms with E-state index in [9.17, 15) is 19.5 Å². The average molecular weight is 845 g/mol. The molecule has 1 atom stereocenters. The molecule has 0 radical (unpaired) electrons. The third kappa shape index (κ3) is 8.78. The van der Waals surface area contributed by atoms with Gasteiger partial charge in [0, 0.05) is 94.4 Å². The summed E-state index contributed by atoms with van der Waals surface area (Å²) in [5, 5.41) is 17.2. The number of rotatable bonds is 13. The van der Waals surface area contributed by atoms with Crippen molar-refractivity contribution < 1.29 is 14.7 Å². The molecule has 2 amide bonds. The second kappa shape index (κ2) is 18.4. The summed E-state index contributed by atoms with van der Waals surface area (Å²) < 4.78 is 5.52. The molecule has 62 heavy (non-hydrogen) atoms. The molecular formula is C48H64N10O4. The molecule has 5 aromatic rings. The molecule has 1 unspecified atom stereocenters. The number of piperazine rings is 1. The van der Waals surface area contributed by atoms with Gasteiger partial charge in [-0.25, -0.2) is 9.78 Å². The van der Waals surface area contributed by atoms with Crippen molar-refractivity contribution in [2.24, 2.45) is 18.9 Å². The minimum absolute atomic E-state index is 0.202. The van der Waals surface area contributed by atoms with E-state index in [0.29, 0.717) is 30.2 Å². The van der Waals surface area contributed by atoms with Crippen molar-refractivity contribution in [2.45, 2.75) is 103 Å². The highest BCUT2D eigenvalue weighted by Crippen LogP contribution is 2.37. The fourth-order valence-corrected chi connectivity index (χ4v) is 10.5. The molecule has 14 heteroatoms. The lowest BCUT2D eigenvalue weighted by atomic mass is 9.93. The third-order valence-electron chi connectivity index (χ3n) is 14.6. The summed E-state index contributed by atoms with van der Waals surface area (Å²) in [6.45, 7) is 13.5. The van der Waals surface area contributed by atoms with Crippen molar-refractivity contribution in [3.05, 3.63) is 70.9 Å². The predicted octanol–water partition coefficient (Wildman–Crippen LogP) is 6.09. The Kier molecular flexibility index (Phi) is 12.5. The van der Waals surface area contributed by atoms with Gasteiger partial charge in [0.1, 0.15) is 11.7 Å². The maximum absolute atomic E-state index is 13.3. The van der Waals surface area contributed by atoms with Crippen LogP contribution >= 0.6 is 0 Å². The van der Waals surface area contributed by atoms with Crippen LogP contribution in [0.3, 0.4) is 0 Å². The summed E-state index contributed by atoms with van der Waals surface area (Å²) in [6.07, 6.45) is 12.9. The Morgan fingerprint density at radius 3 is 2.31 bits per heavy atom. The first-order chi connectivity index (χ1) is 30.1. The molecule has 1 saturated carbocycles. The highest BCUT2D eigenvalue weighted by Gasteiger charge is 2.32. The van der Waals surface area contributed by atoms with E-state index in [1.165, 1.54) is 29.5 Å². The van der Waals surface area contributed by atoms with Gasteiger partial charge in [0.05, 0.1) is 17.1 Å². The second-order valence-electron chi connectivity index (χ2n) is 18.5. The van der Waals surface area contributed by atoms with Crippen LogP contribution in [0.1, 0.15) is 95.7 Å². The van der Waals surface area contributed by atoms with Crippen molar-refractivity contribution >= 4 is 45.5 Å². The Morgan fingerprint density at radius 1 is 0.855 bits per heavy atom. The van der Waals surface area contributed by atoms with E-state index in [2.05, 4.69) is 86.3 Å². The zero-order valence-corrected chi connectivity index (χ0v) is 36.8. The number of benzene rings is 2. The number of fused-ring (bicyclic) bond motifs is 2. The molecular weight excluding hydrogens is 781 g/mol. The first kappa shape index (κ1) is 42.3. The lowest BCUT2D eigenvalue weighted by molar-refractivity contribution is -0.135. The smallest absolute Gasteiger partial charge is 0.329 e. The summed E-state index contributed by atoms with van der Waals surface area (Å²) in [7, 11) is 1.75. The van der Waals surface area contributed by atoms with Crippen molar-refractivity contribution in [1.29, 1.82) is 0 Å². The molecule has 330 valence electrons. The summed E-state index contributed by atoms with van der Waals surface area (Å²) in [5.74, 6) is 1.29. The number of aromatic nitrogens is 5. The SMILES string of the molecule is CCC(CC)CNc1ncc2c(-c3ccc(CN4CCC(CN5CCN(c6ccc7c(c6)n(C)c(=O)n7C6CCC(=O)NC6=O)CC5)CC4)cc3)cn(C3CCC(O)CC3)c2n1. The highest BCUT2D eigenvalue weighted by atomic mass is 16.3. The number of likely N-dealkylation sites (tertiary alicyclic amines) is 1. The number of aryl methyl sites for hydroxylation is 1. The van der Waals surface area contributed by atoms with Gasteiger partial charge in [-0.2, -0.15) is 4.98 Å². The minimum Gasteiger partial charge on any atom is -0.393 e. The molecule has 0 spiro atoms. The molecule has 3 aliphatic heterocycles. The van der Waals surface area contributed by atoms with E-state index in [1.807, 2.05) is 12.3 Å². The monoisotopic (exact) mass is 845 g/mol. The Labute approximate surface area is 364 Å². The lowest BCUT2D eigenvalue weighted by Gasteiger charge is -2.39. The summed E-state index contributed by atoms with van der Waals surface area (Å²) in [5.41, 5.74) is 7.04. The van der Waals surface area contributed by atoms with Crippen molar-refractivity contribution in [3.8, 4) is 11.1 Å². The quantitative estimate of drug-likeness (QED) is 0.119. The molecule has 3 N–H and O–H groups in total. The van der Waals surface area contributed by atoms with Gasteiger partial charge in [0.15, 0.2) is 0 Å². The van der Waals surface area contributed by atoms with Crippen LogP contribution in [0.25, 0.3) is 33.2 Å². The molecule has 9 rings (SSSR count). The Hall–Kier alpha value is -5.05. The van der Waals surface area contributed by atoms with E-state index in [4.69, 9.17) is 9.97 Å². The number of anilines is 2. The third-order valence-corrected chi connectivity index (χ3v) is 14.6. The van der Waals surface area contributed by atoms with Gasteiger partial charge in [-0.3, -0.25) is 33.8 Å². The van der Waals surface area contributed by atoms with Gasteiger partial charge in [-0.05, 0) is 99.2 Å². The van der Waals surface area contributed by atoms with Crippen LogP contribution in [-0.2, 0) is 23.2 Å². The number of aliphatic hydroxyl groups excluding tert-OH is 1. The van der Waals surface area contributed by atoms with Gasteiger partial charge in [0.2, 0.25) is 17.8 Å². The second-order valence-corrected chi connectivity index (χ2v) is 18.5. The first-order valence-electron chi connectivity index (χ1n) is 23.3. The van der Waals surface area contributed by atoms with Gasteiger partial charge in [-0.1, -0.05) is 51.0 Å². The van der Waals surface area contributed by atoms with E-state index < -0.39 is 11.9 Å². The molecule has 14 nitrogen and oxygen atoms in total. The number of nitrogens with zero attached hydrogens (tertiary/aromatic N) is 8. The molecule has 1 aliphatic carbocycles. The number of hydrogen-bond donors (Lipinski definition) is 3. The topological polar surface area (TPSA) is 146 Å². The van der Waals surface area contributed by atoms with Crippen LogP contribution < -0.4 is 21.2 Å². The van der Waals surface area contributed by atoms with Crippen LogP contribution in [0, 0.1) is 11.8 Å². The van der Waals surface area contributed by atoms with Gasteiger partial charge in [0.25, 0.3) is 0 Å². The number of amides is 2. The van der Waals surface area contributed by atoms with Crippen LogP contribution in [0.5, 0.6) is 0 Å². The molecule has 0 bridgehead atoms. The van der Waals surface area contributed by atoms with Crippen molar-refractivity contribution in [3.63, 3.8) is 0 Å². The molecule has 3 saturated heterocycles. The van der Waals surface area contributed by atoms with Crippen LogP contribution in [0.2, 0.25) is 0 Å². The van der Waals surface area contributed by atoms with Gasteiger partial charge >= 0.3 is 5.69 Å². The number of carbonyl (C=O) groups is 2. The summed E-state index contributed by atoms with van der Waals surface area (Å²) in [6, 6.07) is 14.8. The van der Waals surface area contributed by atoms with Crippen LogP contribution in [-0.4, -0.2) is 109 Å². The van der Waals surface area contributed by atoms with Gasteiger partial charge < -0.3 is 19.9 Å². The molecule has 2 aromatic carbocycles. The van der Waals surface area contributed by atoms with E-state index >= 15 is 0 Å². The normalized spacial score (nSPS) is 22.3. The number of nitrogens with one attached hydrogen (secondary N) is 2. The fraction of sp³-hybridized carbons (Fsp3) is 0.562. The number of imidazole rings is 1. The average Bonchev–Trinajstić information content (AvgIpc) is 3.79. The number of hydrogen-bond acceptors (Lipinski definition) is 10. The largest absolute Gasteiger partial charge is 0.393 e. The highest BCUT2D eigenvalue weighted by molar-refractivity contribution is 6.00. The molecule has 4 aliphatic rings. The molecule has 6 heterocycles. The molecule has 3 aromatic heterocycles. The Balaban J connectivity index is 0.779. The number of piperidine rings is 2. The number of carbonyl (C=O) groups excluding carboxylic acids is 2. The number of imide groups is 1. The Bertz CT molecular complexity index is 2430. The lowest BCUT2D eigenvalue weighted by Crippen LogP contribution is -2.48. The predicted molar refractivity (Wildman–Crippen MR) is 244 cm³/mol. The van der Waals surface area contributed by atoms with E-state index in [0.717, 1.165) is 125 Å². The molecule has 4 fully saturated rings. The van der Waals surface area contributed by atoms with Crippen LogP contribution in [0.15, 0.2) is 59.7 Å². The zero-order chi connectivity index (χ0) is 42.9. The zero-order valence-electron chi connectivity index (χ0n) is 36.8. The van der Waals surface area contributed by atoms with E-state index in [1.54, 1.807) is 16.2 Å². The van der Waals surface area contributed by atoms with Crippen molar-refractivity contribution in [1.82, 2.24) is 38.8 Å². The van der Waals surface area contributed by atoms with Crippen LogP contribution in [0.4, 0.5) is 11.6 Å². The minimum atomic E-state index is -0.676. The van der Waals surface area contributed by atoms with Gasteiger partial charge in [-0.15, -0.1) is 0 Å². The van der Waals surface area contributed by atoms with E-state index in [-0.39, 0.29) is 24.1 Å². The summed E-state index contributed by atoms with van der Waals surface area (Å²) >= 11 is 0. The maximum atomic E-state index is 13.3. The first-order valence-corrected chi connectivity index (χ1v) is 23.3. The summed E-state index contributed by atoms with van der Waals surface area (Å²) in [4.78, 5) is 55.1. The van der Waals surface area contributed by atoms with Crippen molar-refractivity contribution in [2.75, 3.05) is 62.6 Å².